The van der Waals surface area contributed by atoms with Crippen LogP contribution in [0.25, 0.3) is 11.0 Å². The zero-order valence-electron chi connectivity index (χ0n) is 12.5. The lowest BCUT2D eigenvalue weighted by atomic mass is 9.71. The molecule has 0 spiro atoms. The summed E-state index contributed by atoms with van der Waals surface area (Å²) < 4.78 is 4.75. The van der Waals surface area contributed by atoms with Crippen molar-refractivity contribution in [2.75, 3.05) is 17.6 Å². The SMILES string of the molecule is CC1(C)CCC(O)(CNc2ccc(N)c3nonc23)CC1. The maximum Gasteiger partial charge on any atom is 0.160 e. The van der Waals surface area contributed by atoms with Crippen molar-refractivity contribution >= 4 is 22.4 Å². The minimum absolute atomic E-state index is 0.330. The highest BCUT2D eigenvalue weighted by Crippen LogP contribution is 2.40. The summed E-state index contributed by atoms with van der Waals surface area (Å²) in [6.07, 6.45) is 3.69. The zero-order chi connectivity index (χ0) is 15.1. The van der Waals surface area contributed by atoms with Gasteiger partial charge in [0, 0.05) is 6.54 Å². The van der Waals surface area contributed by atoms with Gasteiger partial charge in [0.25, 0.3) is 0 Å². The standard InChI is InChI=1S/C15H22N4O2/c1-14(2)5-7-15(20,8-6-14)9-17-11-4-3-10(16)12-13(11)19-21-18-12/h3-4,17,20H,5-9,16H2,1-2H3. The average molecular weight is 290 g/mol. The molecule has 21 heavy (non-hydrogen) atoms. The van der Waals surface area contributed by atoms with Crippen molar-refractivity contribution in [3.63, 3.8) is 0 Å². The molecule has 6 heteroatoms. The van der Waals surface area contributed by atoms with Crippen LogP contribution >= 0.6 is 0 Å². The Morgan fingerprint density at radius 1 is 1.19 bits per heavy atom. The molecule has 1 saturated carbocycles. The summed E-state index contributed by atoms with van der Waals surface area (Å²) in [6.45, 7) is 5.00. The molecule has 0 amide bonds. The van der Waals surface area contributed by atoms with Crippen LogP contribution in [-0.2, 0) is 0 Å². The average Bonchev–Trinajstić information content (AvgIpc) is 2.93. The zero-order valence-corrected chi connectivity index (χ0v) is 12.5. The summed E-state index contributed by atoms with van der Waals surface area (Å²) in [5.41, 5.74) is 7.97. The van der Waals surface area contributed by atoms with E-state index in [9.17, 15) is 5.11 Å². The third-order valence-corrected chi connectivity index (χ3v) is 4.59. The van der Waals surface area contributed by atoms with Crippen molar-refractivity contribution in [3.05, 3.63) is 12.1 Å². The van der Waals surface area contributed by atoms with Crippen molar-refractivity contribution < 1.29 is 9.74 Å². The van der Waals surface area contributed by atoms with Crippen LogP contribution in [0, 0.1) is 5.41 Å². The molecule has 0 bridgehead atoms. The number of hydrogen-bond acceptors (Lipinski definition) is 6. The Balaban J connectivity index is 1.72. The van der Waals surface area contributed by atoms with Crippen molar-refractivity contribution in [2.45, 2.75) is 45.1 Å². The monoisotopic (exact) mass is 290 g/mol. The molecule has 6 nitrogen and oxygen atoms in total. The summed E-state index contributed by atoms with van der Waals surface area (Å²) in [6, 6.07) is 3.61. The highest BCUT2D eigenvalue weighted by atomic mass is 16.6. The van der Waals surface area contributed by atoms with Gasteiger partial charge in [-0.1, -0.05) is 13.8 Å². The molecule has 1 aliphatic carbocycles. The van der Waals surface area contributed by atoms with E-state index in [0.29, 0.717) is 28.7 Å². The van der Waals surface area contributed by atoms with Gasteiger partial charge in [-0.2, -0.15) is 0 Å². The number of benzene rings is 1. The normalized spacial score (nSPS) is 20.5. The van der Waals surface area contributed by atoms with Crippen LogP contribution < -0.4 is 11.1 Å². The fourth-order valence-corrected chi connectivity index (χ4v) is 2.86. The first-order valence-corrected chi connectivity index (χ1v) is 7.36. The van der Waals surface area contributed by atoms with Gasteiger partial charge in [-0.05, 0) is 53.5 Å². The smallest absolute Gasteiger partial charge is 0.160 e. The third kappa shape index (κ3) is 2.81. The lowest BCUT2D eigenvalue weighted by molar-refractivity contribution is -0.0145. The highest BCUT2D eigenvalue weighted by molar-refractivity contribution is 5.94. The number of nitrogen functional groups attached to an aromatic ring is 1. The molecule has 114 valence electrons. The predicted octanol–water partition coefficient (Wildman–Crippen LogP) is 2.55. The van der Waals surface area contributed by atoms with E-state index in [1.54, 1.807) is 6.07 Å². The number of aromatic nitrogens is 2. The third-order valence-electron chi connectivity index (χ3n) is 4.59. The fourth-order valence-electron chi connectivity index (χ4n) is 2.86. The first-order valence-electron chi connectivity index (χ1n) is 7.36. The largest absolute Gasteiger partial charge is 0.397 e. The second-order valence-corrected chi connectivity index (χ2v) is 6.91. The van der Waals surface area contributed by atoms with Gasteiger partial charge in [-0.25, -0.2) is 4.63 Å². The van der Waals surface area contributed by atoms with Gasteiger partial charge in [0.05, 0.1) is 17.0 Å². The maximum atomic E-state index is 10.7. The topological polar surface area (TPSA) is 97.2 Å². The van der Waals surface area contributed by atoms with Crippen LogP contribution in [0.2, 0.25) is 0 Å². The lowest BCUT2D eigenvalue weighted by Crippen LogP contribution is -2.42. The maximum absolute atomic E-state index is 10.7. The fraction of sp³-hybridized carbons (Fsp3) is 0.600. The number of nitrogens with one attached hydrogen (secondary N) is 1. The Kier molecular flexibility index (Phi) is 3.28. The van der Waals surface area contributed by atoms with Gasteiger partial charge in [0.15, 0.2) is 11.0 Å². The Bertz CT molecular complexity index is 640. The van der Waals surface area contributed by atoms with E-state index in [1.807, 2.05) is 6.07 Å². The number of anilines is 2. The number of nitrogens with zero attached hydrogens (tertiary/aromatic N) is 2. The summed E-state index contributed by atoms with van der Waals surface area (Å²) in [5, 5.41) is 21.6. The highest BCUT2D eigenvalue weighted by Gasteiger charge is 2.36. The van der Waals surface area contributed by atoms with E-state index in [2.05, 4.69) is 29.5 Å². The number of nitrogens with two attached hydrogens (primary N) is 1. The van der Waals surface area contributed by atoms with Crippen molar-refractivity contribution in [3.8, 4) is 0 Å². The van der Waals surface area contributed by atoms with Crippen LogP contribution in [0.4, 0.5) is 11.4 Å². The molecule has 1 aliphatic rings. The molecule has 2 aromatic rings. The van der Waals surface area contributed by atoms with E-state index in [0.717, 1.165) is 31.4 Å². The van der Waals surface area contributed by atoms with E-state index in [4.69, 9.17) is 10.4 Å². The first kappa shape index (κ1) is 14.1. The van der Waals surface area contributed by atoms with Gasteiger partial charge in [0.1, 0.15) is 0 Å². The molecule has 3 rings (SSSR count). The molecule has 1 fully saturated rings. The molecule has 0 unspecified atom stereocenters. The molecular weight excluding hydrogens is 268 g/mol. The Morgan fingerprint density at radius 3 is 2.57 bits per heavy atom. The van der Waals surface area contributed by atoms with Gasteiger partial charge in [-0.3, -0.25) is 0 Å². The molecule has 1 aromatic carbocycles. The molecular formula is C15H22N4O2. The van der Waals surface area contributed by atoms with Crippen LogP contribution in [0.5, 0.6) is 0 Å². The summed E-state index contributed by atoms with van der Waals surface area (Å²) in [5.74, 6) is 0. The summed E-state index contributed by atoms with van der Waals surface area (Å²) in [4.78, 5) is 0. The van der Waals surface area contributed by atoms with E-state index in [-0.39, 0.29) is 0 Å². The van der Waals surface area contributed by atoms with Crippen LogP contribution in [0.15, 0.2) is 16.8 Å². The molecule has 0 atom stereocenters. The van der Waals surface area contributed by atoms with Crippen molar-refractivity contribution in [1.82, 2.24) is 10.3 Å². The Labute approximate surface area is 123 Å². The summed E-state index contributed by atoms with van der Waals surface area (Å²) in [7, 11) is 0. The van der Waals surface area contributed by atoms with E-state index in [1.165, 1.54) is 0 Å². The van der Waals surface area contributed by atoms with Gasteiger partial charge in [-0.15, -0.1) is 0 Å². The lowest BCUT2D eigenvalue weighted by Gasteiger charge is -2.40. The molecule has 4 N–H and O–H groups in total. The van der Waals surface area contributed by atoms with Crippen LogP contribution in [-0.4, -0.2) is 27.6 Å². The van der Waals surface area contributed by atoms with Gasteiger partial charge in [0.2, 0.25) is 0 Å². The quantitative estimate of drug-likeness (QED) is 0.752. The number of rotatable bonds is 3. The summed E-state index contributed by atoms with van der Waals surface area (Å²) >= 11 is 0. The van der Waals surface area contributed by atoms with Crippen molar-refractivity contribution in [1.29, 1.82) is 0 Å². The molecule has 0 saturated heterocycles. The molecule has 0 aliphatic heterocycles. The van der Waals surface area contributed by atoms with Gasteiger partial charge < -0.3 is 16.2 Å². The second kappa shape index (κ2) is 4.87. The number of fused-ring (bicyclic) bond motifs is 1. The predicted molar refractivity (Wildman–Crippen MR) is 81.9 cm³/mol. The minimum Gasteiger partial charge on any atom is -0.397 e. The minimum atomic E-state index is -0.666. The second-order valence-electron chi connectivity index (χ2n) is 6.91. The van der Waals surface area contributed by atoms with Gasteiger partial charge >= 0.3 is 0 Å². The van der Waals surface area contributed by atoms with Crippen LogP contribution in [0.3, 0.4) is 0 Å². The van der Waals surface area contributed by atoms with E-state index < -0.39 is 5.60 Å². The first-order chi connectivity index (χ1) is 9.89. The number of hydrogen-bond donors (Lipinski definition) is 3. The number of aliphatic hydroxyl groups is 1. The Morgan fingerprint density at radius 2 is 1.86 bits per heavy atom. The molecule has 1 aromatic heterocycles. The van der Waals surface area contributed by atoms with E-state index >= 15 is 0 Å². The van der Waals surface area contributed by atoms with Crippen LogP contribution in [0.1, 0.15) is 39.5 Å². The molecule has 1 heterocycles. The Hall–Kier alpha value is -1.82. The van der Waals surface area contributed by atoms with Crippen molar-refractivity contribution in [2.24, 2.45) is 5.41 Å². The molecule has 0 radical (unpaired) electrons.